The Morgan fingerprint density at radius 3 is 2.48 bits per heavy atom. The first-order valence-electron chi connectivity index (χ1n) is 7.72. The number of fused-ring (bicyclic) bond motifs is 1. The summed E-state index contributed by atoms with van der Waals surface area (Å²) in [6.07, 6.45) is 3.58. The molecular weight excluding hydrogens is 260 g/mol. The molecule has 0 spiro atoms. The molecule has 0 radical (unpaired) electrons. The van der Waals surface area contributed by atoms with Crippen LogP contribution in [0.5, 0.6) is 0 Å². The zero-order valence-corrected chi connectivity index (χ0v) is 12.8. The molecule has 0 bridgehead atoms. The highest BCUT2D eigenvalue weighted by Crippen LogP contribution is 2.32. The summed E-state index contributed by atoms with van der Waals surface area (Å²) < 4.78 is 0. The zero-order valence-electron chi connectivity index (χ0n) is 12.8. The number of hydrogen-bond donors (Lipinski definition) is 0. The highest BCUT2D eigenvalue weighted by molar-refractivity contribution is 6.03. The van der Waals surface area contributed by atoms with Gasteiger partial charge in [-0.3, -0.25) is 4.79 Å². The van der Waals surface area contributed by atoms with Crippen molar-refractivity contribution in [3.8, 4) is 0 Å². The van der Waals surface area contributed by atoms with Crippen molar-refractivity contribution in [3.63, 3.8) is 0 Å². The summed E-state index contributed by atoms with van der Waals surface area (Å²) in [6, 6.07) is 12.5. The first-order valence-corrected chi connectivity index (χ1v) is 7.72. The van der Waals surface area contributed by atoms with Gasteiger partial charge in [-0.1, -0.05) is 42.8 Å². The van der Waals surface area contributed by atoms with Crippen LogP contribution >= 0.6 is 0 Å². The summed E-state index contributed by atoms with van der Waals surface area (Å²) in [5.41, 5.74) is 2.19. The van der Waals surface area contributed by atoms with E-state index in [0.717, 1.165) is 42.6 Å². The number of hydrazine groups is 1. The molecule has 0 aliphatic carbocycles. The lowest BCUT2D eigenvalue weighted by atomic mass is 10.0. The van der Waals surface area contributed by atoms with Crippen molar-refractivity contribution >= 4 is 22.4 Å². The molecule has 1 heterocycles. The third-order valence-corrected chi connectivity index (χ3v) is 4.23. The van der Waals surface area contributed by atoms with Crippen molar-refractivity contribution in [2.24, 2.45) is 0 Å². The second-order valence-corrected chi connectivity index (χ2v) is 5.80. The van der Waals surface area contributed by atoms with Crippen molar-refractivity contribution < 1.29 is 4.79 Å². The number of benzene rings is 2. The van der Waals surface area contributed by atoms with E-state index in [4.69, 9.17) is 0 Å². The molecule has 0 aromatic heterocycles. The van der Waals surface area contributed by atoms with Gasteiger partial charge in [0.2, 0.25) is 5.91 Å². The number of amides is 1. The lowest BCUT2D eigenvalue weighted by Crippen LogP contribution is -2.48. The van der Waals surface area contributed by atoms with Gasteiger partial charge in [-0.15, -0.1) is 0 Å². The Balaban J connectivity index is 2.14. The van der Waals surface area contributed by atoms with Gasteiger partial charge in [-0.25, -0.2) is 10.0 Å². The van der Waals surface area contributed by atoms with E-state index in [0.29, 0.717) is 0 Å². The highest BCUT2D eigenvalue weighted by Gasteiger charge is 2.24. The van der Waals surface area contributed by atoms with E-state index in [-0.39, 0.29) is 5.91 Å². The second kappa shape index (κ2) is 5.86. The number of piperidine rings is 1. The maximum absolute atomic E-state index is 12.3. The number of carbonyl (C=O) groups is 1. The molecule has 21 heavy (non-hydrogen) atoms. The van der Waals surface area contributed by atoms with Gasteiger partial charge in [0.15, 0.2) is 0 Å². The summed E-state index contributed by atoms with van der Waals surface area (Å²) in [5, 5.41) is 6.44. The largest absolute Gasteiger partial charge is 0.273 e. The van der Waals surface area contributed by atoms with Crippen LogP contribution in [-0.2, 0) is 4.79 Å². The maximum atomic E-state index is 12.3. The Morgan fingerprint density at radius 1 is 1.05 bits per heavy atom. The van der Waals surface area contributed by atoms with E-state index in [9.17, 15) is 4.79 Å². The molecule has 0 N–H and O–H groups in total. The molecule has 3 rings (SSSR count). The topological polar surface area (TPSA) is 23.6 Å². The summed E-state index contributed by atoms with van der Waals surface area (Å²) >= 11 is 0. The number of aryl methyl sites for hydroxylation is 1. The Morgan fingerprint density at radius 2 is 1.76 bits per heavy atom. The zero-order chi connectivity index (χ0) is 14.8. The first kappa shape index (κ1) is 14.1. The molecular formula is C18H22N2O. The van der Waals surface area contributed by atoms with Gasteiger partial charge in [0.1, 0.15) is 0 Å². The number of carbonyl (C=O) groups excluding carboxylic acids is 1. The van der Waals surface area contributed by atoms with Gasteiger partial charge in [0, 0.05) is 25.4 Å². The smallest absolute Gasteiger partial charge is 0.238 e. The SMILES string of the molecule is CC(=O)N(c1c(C)ccc2ccccc12)N1CCCCC1. The summed E-state index contributed by atoms with van der Waals surface area (Å²) in [7, 11) is 0. The Labute approximate surface area is 126 Å². The van der Waals surface area contributed by atoms with Gasteiger partial charge in [0.25, 0.3) is 0 Å². The van der Waals surface area contributed by atoms with Crippen LogP contribution in [-0.4, -0.2) is 24.0 Å². The standard InChI is InChI=1S/C18H22N2O/c1-14-10-11-16-8-4-5-9-17(16)18(14)20(15(2)21)19-12-6-3-7-13-19/h4-5,8-11H,3,6-7,12-13H2,1-2H3. The minimum atomic E-state index is 0.0938. The normalized spacial score (nSPS) is 16.1. The van der Waals surface area contributed by atoms with Gasteiger partial charge >= 0.3 is 0 Å². The summed E-state index contributed by atoms with van der Waals surface area (Å²) in [4.78, 5) is 12.3. The van der Waals surface area contributed by atoms with Crippen molar-refractivity contribution in [3.05, 3.63) is 42.0 Å². The van der Waals surface area contributed by atoms with E-state index in [2.05, 4.69) is 36.2 Å². The lowest BCUT2D eigenvalue weighted by molar-refractivity contribution is -0.119. The molecule has 1 aliphatic heterocycles. The Kier molecular flexibility index (Phi) is 3.93. The van der Waals surface area contributed by atoms with E-state index in [1.165, 1.54) is 11.8 Å². The fraction of sp³-hybridized carbons (Fsp3) is 0.389. The van der Waals surface area contributed by atoms with E-state index < -0.39 is 0 Å². The van der Waals surface area contributed by atoms with Crippen LogP contribution in [0.25, 0.3) is 10.8 Å². The van der Waals surface area contributed by atoms with Crippen LogP contribution in [0, 0.1) is 6.92 Å². The van der Waals surface area contributed by atoms with Crippen LogP contribution in [0.15, 0.2) is 36.4 Å². The van der Waals surface area contributed by atoms with E-state index in [1.807, 2.05) is 17.1 Å². The van der Waals surface area contributed by atoms with Gasteiger partial charge < -0.3 is 0 Å². The quantitative estimate of drug-likeness (QED) is 0.834. The molecule has 3 heteroatoms. The monoisotopic (exact) mass is 282 g/mol. The minimum absolute atomic E-state index is 0.0938. The number of hydrogen-bond acceptors (Lipinski definition) is 2. The molecule has 1 saturated heterocycles. The first-order chi connectivity index (χ1) is 10.2. The maximum Gasteiger partial charge on any atom is 0.238 e. The molecule has 1 aliphatic rings. The molecule has 3 nitrogen and oxygen atoms in total. The average Bonchev–Trinajstić information content (AvgIpc) is 2.51. The molecule has 110 valence electrons. The van der Waals surface area contributed by atoms with Gasteiger partial charge in [-0.2, -0.15) is 0 Å². The van der Waals surface area contributed by atoms with Crippen molar-refractivity contribution in [1.29, 1.82) is 0 Å². The Bertz CT molecular complexity index is 659. The molecule has 0 saturated carbocycles. The van der Waals surface area contributed by atoms with Crippen LogP contribution in [0.2, 0.25) is 0 Å². The molecule has 1 amide bonds. The molecule has 0 atom stereocenters. The molecule has 2 aromatic carbocycles. The Hall–Kier alpha value is -1.87. The lowest BCUT2D eigenvalue weighted by Gasteiger charge is -2.38. The molecule has 2 aromatic rings. The van der Waals surface area contributed by atoms with Crippen LogP contribution < -0.4 is 5.01 Å². The predicted molar refractivity (Wildman–Crippen MR) is 87.3 cm³/mol. The predicted octanol–water partition coefficient (Wildman–Crippen LogP) is 3.90. The van der Waals surface area contributed by atoms with Crippen LogP contribution in [0.3, 0.4) is 0 Å². The third kappa shape index (κ3) is 2.66. The second-order valence-electron chi connectivity index (χ2n) is 5.80. The number of rotatable bonds is 2. The van der Waals surface area contributed by atoms with Gasteiger partial charge in [-0.05, 0) is 30.7 Å². The van der Waals surface area contributed by atoms with Crippen LogP contribution in [0.1, 0.15) is 31.7 Å². The van der Waals surface area contributed by atoms with E-state index >= 15 is 0 Å². The third-order valence-electron chi connectivity index (χ3n) is 4.23. The summed E-state index contributed by atoms with van der Waals surface area (Å²) in [6.45, 7) is 5.67. The minimum Gasteiger partial charge on any atom is -0.273 e. The van der Waals surface area contributed by atoms with Gasteiger partial charge in [0.05, 0.1) is 5.69 Å². The van der Waals surface area contributed by atoms with Crippen molar-refractivity contribution in [2.75, 3.05) is 18.1 Å². The number of anilines is 1. The van der Waals surface area contributed by atoms with E-state index in [1.54, 1.807) is 6.92 Å². The van der Waals surface area contributed by atoms with Crippen LogP contribution in [0.4, 0.5) is 5.69 Å². The molecule has 0 unspecified atom stereocenters. The van der Waals surface area contributed by atoms with Crippen molar-refractivity contribution in [1.82, 2.24) is 5.01 Å². The molecule has 1 fully saturated rings. The summed E-state index contributed by atoms with van der Waals surface area (Å²) in [5.74, 6) is 0.0938. The highest BCUT2D eigenvalue weighted by atomic mass is 16.2. The average molecular weight is 282 g/mol. The number of nitrogens with zero attached hydrogens (tertiary/aromatic N) is 2. The fourth-order valence-electron chi connectivity index (χ4n) is 3.22. The fourth-order valence-corrected chi connectivity index (χ4v) is 3.22. The van der Waals surface area contributed by atoms with Crippen molar-refractivity contribution in [2.45, 2.75) is 33.1 Å².